The molecule has 144 valence electrons. The Morgan fingerprint density at radius 3 is 1.42 bits per heavy atom. The van der Waals surface area contributed by atoms with Crippen LogP contribution in [-0.2, 0) is 17.1 Å². The van der Waals surface area contributed by atoms with Gasteiger partial charge in [0, 0.05) is 17.1 Å². The molecule has 0 saturated carbocycles. The largest absolute Gasteiger partial charge is 0.748 e. The van der Waals surface area contributed by atoms with Crippen molar-refractivity contribution in [2.75, 3.05) is 14.1 Å². The molecule has 0 heterocycles. The summed E-state index contributed by atoms with van der Waals surface area (Å²) in [6, 6.07) is 16.7. The van der Waals surface area contributed by atoms with Crippen molar-refractivity contribution in [1.29, 1.82) is 0 Å². The molecule has 2 rings (SSSR count). The standard InChI is InChI=1S/C14H24P.C5H5.C2H7N.Fe/c1-11-9-8-10-12(11)15(13(2,3)4)14(5,6)7;1-2-4-5-3-1;1-3-2;/h8-10H,1-7H3;1-5H;3H,1-2H3;/q-1;-5;;. The summed E-state index contributed by atoms with van der Waals surface area (Å²) in [5.74, 6) is 0. The molecule has 1 nitrogen and oxygen atoms in total. The Kier molecular flexibility index (Phi) is 13.0. The Labute approximate surface area is 162 Å². The van der Waals surface area contributed by atoms with Gasteiger partial charge < -0.3 is 35.6 Å². The summed E-state index contributed by atoms with van der Waals surface area (Å²) in [5, 5.41) is 5.10. The monoisotopic (exact) mass is 389 g/mol. The summed E-state index contributed by atoms with van der Waals surface area (Å²) in [6.07, 6.45) is 0. The third kappa shape index (κ3) is 9.80. The van der Waals surface area contributed by atoms with Crippen LogP contribution in [0.5, 0.6) is 0 Å². The minimum absolute atomic E-state index is 0. The van der Waals surface area contributed by atoms with E-state index in [-0.39, 0.29) is 25.0 Å². The van der Waals surface area contributed by atoms with Crippen molar-refractivity contribution in [3.8, 4) is 0 Å². The van der Waals surface area contributed by atoms with Crippen LogP contribution in [0.2, 0.25) is 0 Å². The van der Waals surface area contributed by atoms with Gasteiger partial charge in [-0.25, -0.2) is 12.1 Å². The fourth-order valence-electron chi connectivity index (χ4n) is 2.80. The molecule has 2 aromatic rings. The van der Waals surface area contributed by atoms with E-state index in [2.05, 4.69) is 72.0 Å². The molecule has 0 spiro atoms. The third-order valence-electron chi connectivity index (χ3n) is 3.14. The van der Waals surface area contributed by atoms with Crippen LogP contribution >= 0.6 is 7.92 Å². The van der Waals surface area contributed by atoms with Gasteiger partial charge in [0.1, 0.15) is 0 Å². The second kappa shape index (κ2) is 12.0. The zero-order valence-corrected chi connectivity index (χ0v) is 18.9. The van der Waals surface area contributed by atoms with Crippen molar-refractivity contribution >= 4 is 13.2 Å². The van der Waals surface area contributed by atoms with Gasteiger partial charge in [0.15, 0.2) is 0 Å². The van der Waals surface area contributed by atoms with Gasteiger partial charge in [-0.3, -0.25) is 0 Å². The van der Waals surface area contributed by atoms with Gasteiger partial charge >= 0.3 is 0 Å². The summed E-state index contributed by atoms with van der Waals surface area (Å²) < 4.78 is 0. The van der Waals surface area contributed by atoms with Crippen LogP contribution < -0.4 is 10.6 Å². The number of hydrogen-bond donors (Lipinski definition) is 1. The Morgan fingerprint density at radius 1 is 0.875 bits per heavy atom. The molecule has 0 aliphatic heterocycles. The van der Waals surface area contributed by atoms with E-state index in [1.165, 1.54) is 5.56 Å². The first-order valence-corrected chi connectivity index (χ1v) is 9.67. The maximum absolute atomic E-state index is 2.75. The molecule has 1 N–H and O–H groups in total. The van der Waals surface area contributed by atoms with Crippen LogP contribution in [0.4, 0.5) is 0 Å². The minimum Gasteiger partial charge on any atom is -0.748 e. The topological polar surface area (TPSA) is 12.0 Å². The van der Waals surface area contributed by atoms with Gasteiger partial charge in [-0.2, -0.15) is 11.6 Å². The Balaban J connectivity index is 0. The molecule has 0 aromatic heterocycles. The number of nitrogens with one attached hydrogen (secondary N) is 1. The number of hydrogen-bond acceptors (Lipinski definition) is 1. The molecule has 0 bridgehead atoms. The van der Waals surface area contributed by atoms with E-state index in [1.807, 2.05) is 44.4 Å². The Bertz CT molecular complexity index is 469. The van der Waals surface area contributed by atoms with Gasteiger partial charge in [-0.15, -0.1) is 13.2 Å². The second-order valence-corrected chi connectivity index (χ2v) is 11.6. The van der Waals surface area contributed by atoms with Gasteiger partial charge in [0.2, 0.25) is 0 Å². The molecule has 0 amide bonds. The summed E-state index contributed by atoms with van der Waals surface area (Å²) in [4.78, 5) is 0. The molecule has 0 aliphatic carbocycles. The van der Waals surface area contributed by atoms with Crippen molar-refractivity contribution in [2.24, 2.45) is 0 Å². The SMILES string of the molecule is CNC.Cc1ccc[c-]1P(C(C)(C)C)C(C)(C)C.[Fe].[cH-]1[cH-][cH-][cH-][cH-]1. The zero-order chi connectivity index (χ0) is 18.1. The van der Waals surface area contributed by atoms with Crippen molar-refractivity contribution in [1.82, 2.24) is 5.32 Å². The third-order valence-corrected chi connectivity index (χ3v) is 6.81. The first-order valence-electron chi connectivity index (χ1n) is 8.33. The molecule has 0 radical (unpaired) electrons. The predicted octanol–water partition coefficient (Wildman–Crippen LogP) is 5.66. The van der Waals surface area contributed by atoms with Crippen LogP contribution in [0.3, 0.4) is 0 Å². The average Bonchev–Trinajstić information content (AvgIpc) is 3.02. The molecule has 0 atom stereocenters. The Morgan fingerprint density at radius 2 is 1.21 bits per heavy atom. The fraction of sp³-hybridized carbons (Fsp3) is 0.524. The first-order chi connectivity index (χ1) is 10.6. The normalized spacial score (nSPS) is 10.9. The smallest absolute Gasteiger partial charge is 0 e. The van der Waals surface area contributed by atoms with Gasteiger partial charge in [-0.1, -0.05) is 48.5 Å². The molecular weight excluding hydrogens is 353 g/mol. The van der Waals surface area contributed by atoms with Crippen molar-refractivity contribution in [3.63, 3.8) is 0 Å². The van der Waals surface area contributed by atoms with E-state index in [1.54, 1.807) is 5.30 Å². The van der Waals surface area contributed by atoms with Crippen molar-refractivity contribution in [3.05, 3.63) is 54.1 Å². The van der Waals surface area contributed by atoms with E-state index in [9.17, 15) is 0 Å². The first kappa shape index (κ1) is 25.8. The van der Waals surface area contributed by atoms with Gasteiger partial charge in [0.05, 0.1) is 0 Å². The molecule has 0 aliphatic rings. The summed E-state index contributed by atoms with van der Waals surface area (Å²) in [7, 11) is 3.63. The van der Waals surface area contributed by atoms with E-state index in [4.69, 9.17) is 0 Å². The summed E-state index contributed by atoms with van der Waals surface area (Å²) in [5.41, 5.74) is 1.46. The molecule has 24 heavy (non-hydrogen) atoms. The second-order valence-electron chi connectivity index (χ2n) is 7.73. The van der Waals surface area contributed by atoms with Gasteiger partial charge in [0.25, 0.3) is 0 Å². The maximum atomic E-state index is 2.75. The van der Waals surface area contributed by atoms with Crippen LogP contribution in [-0.4, -0.2) is 24.4 Å². The maximum Gasteiger partial charge on any atom is 0 e. The molecule has 0 unspecified atom stereocenters. The average molecular weight is 389 g/mol. The number of aryl methyl sites for hydroxylation is 1. The zero-order valence-electron chi connectivity index (χ0n) is 16.9. The van der Waals surface area contributed by atoms with Crippen LogP contribution in [0.1, 0.15) is 47.1 Å². The summed E-state index contributed by atoms with van der Waals surface area (Å²) >= 11 is 0. The number of rotatable bonds is 1. The van der Waals surface area contributed by atoms with E-state index < -0.39 is 0 Å². The van der Waals surface area contributed by atoms with Gasteiger partial charge in [-0.05, 0) is 24.4 Å². The van der Waals surface area contributed by atoms with Crippen LogP contribution in [0.15, 0.2) is 48.5 Å². The minimum atomic E-state index is -0.122. The van der Waals surface area contributed by atoms with Crippen molar-refractivity contribution in [2.45, 2.75) is 58.8 Å². The summed E-state index contributed by atoms with van der Waals surface area (Å²) in [6.45, 7) is 16.5. The molecule has 0 saturated heterocycles. The van der Waals surface area contributed by atoms with Crippen LogP contribution in [0.25, 0.3) is 0 Å². The van der Waals surface area contributed by atoms with Crippen molar-refractivity contribution < 1.29 is 17.1 Å². The van der Waals surface area contributed by atoms with E-state index in [0.29, 0.717) is 10.3 Å². The van der Waals surface area contributed by atoms with Crippen LogP contribution in [0, 0.1) is 6.92 Å². The fourth-order valence-corrected chi connectivity index (χ4v) is 6.92. The quantitative estimate of drug-likeness (QED) is 0.377. The van der Waals surface area contributed by atoms with E-state index >= 15 is 0 Å². The predicted molar refractivity (Wildman–Crippen MR) is 110 cm³/mol. The van der Waals surface area contributed by atoms with E-state index in [0.717, 1.165) is 0 Å². The molecule has 3 heteroatoms. The molecular formula is C21H36FeNP-6. The Hall–Kier alpha value is -0.391. The molecule has 2 aromatic carbocycles. The molecule has 0 fully saturated rings.